The number of hydrogen-bond acceptors (Lipinski definition) is 2. The normalized spacial score (nSPS) is 19.3. The second-order valence-electron chi connectivity index (χ2n) is 3.84. The second-order valence-corrected chi connectivity index (χ2v) is 3.84. The third-order valence-corrected chi connectivity index (χ3v) is 2.93. The van der Waals surface area contributed by atoms with E-state index in [0.29, 0.717) is 5.92 Å². The lowest BCUT2D eigenvalue weighted by atomic mass is 9.97. The molecule has 1 aliphatic rings. The van der Waals surface area contributed by atoms with Crippen molar-refractivity contribution in [2.45, 2.75) is 19.8 Å². The van der Waals surface area contributed by atoms with Crippen molar-refractivity contribution in [3.63, 3.8) is 0 Å². The molecule has 0 aromatic heterocycles. The molecule has 0 aromatic rings. The molecule has 0 radical (unpaired) electrons. The molecule has 2 N–H and O–H groups in total. The monoisotopic (exact) mass is 199 g/mol. The van der Waals surface area contributed by atoms with E-state index in [9.17, 15) is 4.79 Å². The van der Waals surface area contributed by atoms with Gasteiger partial charge in [-0.15, -0.1) is 0 Å². The van der Waals surface area contributed by atoms with Gasteiger partial charge in [-0.25, -0.2) is 4.79 Å². The molecule has 82 valence electrons. The number of amides is 2. The number of nitrogens with zero attached hydrogens (tertiary/aromatic N) is 1. The van der Waals surface area contributed by atoms with Crippen LogP contribution < -0.4 is 10.6 Å². The minimum atomic E-state index is -0.0667. The Bertz CT molecular complexity index is 176. The lowest BCUT2D eigenvalue weighted by molar-refractivity contribution is 0.188. The van der Waals surface area contributed by atoms with E-state index < -0.39 is 0 Å². The summed E-state index contributed by atoms with van der Waals surface area (Å²) >= 11 is 0. The molecular weight excluding hydrogens is 178 g/mol. The molecule has 0 saturated carbocycles. The van der Waals surface area contributed by atoms with Gasteiger partial charge in [-0.3, -0.25) is 0 Å². The molecule has 1 heterocycles. The molecule has 0 atom stereocenters. The Kier molecular flexibility index (Phi) is 4.73. The fourth-order valence-corrected chi connectivity index (χ4v) is 1.83. The predicted molar refractivity (Wildman–Crippen MR) is 57.3 cm³/mol. The summed E-state index contributed by atoms with van der Waals surface area (Å²) in [5, 5.41) is 5.43. The van der Waals surface area contributed by atoms with Crippen LogP contribution in [0.1, 0.15) is 19.8 Å². The van der Waals surface area contributed by atoms with Gasteiger partial charge in [0.2, 0.25) is 0 Å². The third-order valence-electron chi connectivity index (χ3n) is 2.93. The van der Waals surface area contributed by atoms with Crippen molar-refractivity contribution < 1.29 is 4.79 Å². The molecular formula is C10H21N3O. The van der Waals surface area contributed by atoms with Crippen LogP contribution in [-0.2, 0) is 0 Å². The van der Waals surface area contributed by atoms with Gasteiger partial charge in [0.1, 0.15) is 0 Å². The fraction of sp³-hybridized carbons (Fsp3) is 0.900. The zero-order chi connectivity index (χ0) is 10.4. The number of carbonyl (C=O) groups excluding carboxylic acids is 1. The van der Waals surface area contributed by atoms with Gasteiger partial charge < -0.3 is 15.5 Å². The Hall–Kier alpha value is -0.770. The van der Waals surface area contributed by atoms with Crippen LogP contribution in [0.3, 0.4) is 0 Å². The lowest BCUT2D eigenvalue weighted by Crippen LogP contribution is -2.40. The average molecular weight is 199 g/mol. The molecule has 1 saturated heterocycles. The number of hydrogen-bond donors (Lipinski definition) is 2. The highest BCUT2D eigenvalue weighted by atomic mass is 16.2. The summed E-state index contributed by atoms with van der Waals surface area (Å²) in [5.74, 6) is 0.662. The highest BCUT2D eigenvalue weighted by Gasteiger charge is 2.17. The van der Waals surface area contributed by atoms with Crippen molar-refractivity contribution in [3.8, 4) is 0 Å². The maximum atomic E-state index is 10.9. The van der Waals surface area contributed by atoms with Gasteiger partial charge in [0, 0.05) is 13.6 Å². The number of carbonyl (C=O) groups is 1. The van der Waals surface area contributed by atoms with Crippen LogP contribution in [0.2, 0.25) is 0 Å². The first kappa shape index (κ1) is 11.3. The Labute approximate surface area is 86.0 Å². The summed E-state index contributed by atoms with van der Waals surface area (Å²) in [6.45, 7) is 6.52. The van der Waals surface area contributed by atoms with Crippen LogP contribution in [0, 0.1) is 5.92 Å². The van der Waals surface area contributed by atoms with E-state index in [0.717, 1.165) is 13.1 Å². The fourth-order valence-electron chi connectivity index (χ4n) is 1.83. The Morgan fingerprint density at radius 2 is 2.07 bits per heavy atom. The topological polar surface area (TPSA) is 44.4 Å². The summed E-state index contributed by atoms with van der Waals surface area (Å²) in [4.78, 5) is 13.4. The average Bonchev–Trinajstić information content (AvgIpc) is 2.26. The summed E-state index contributed by atoms with van der Waals surface area (Å²) in [5.41, 5.74) is 0. The van der Waals surface area contributed by atoms with E-state index in [4.69, 9.17) is 0 Å². The van der Waals surface area contributed by atoms with Gasteiger partial charge in [0.05, 0.1) is 0 Å². The molecule has 4 nitrogen and oxygen atoms in total. The number of piperidine rings is 1. The molecule has 1 rings (SSSR count). The smallest absolute Gasteiger partial charge is 0.314 e. The molecule has 2 amide bonds. The maximum absolute atomic E-state index is 10.9. The van der Waals surface area contributed by atoms with Crippen molar-refractivity contribution >= 4 is 6.03 Å². The molecule has 0 unspecified atom stereocenters. The minimum Gasteiger partial charge on any atom is -0.341 e. The van der Waals surface area contributed by atoms with Crippen LogP contribution in [-0.4, -0.2) is 44.2 Å². The van der Waals surface area contributed by atoms with Crippen LogP contribution in [0.5, 0.6) is 0 Å². The van der Waals surface area contributed by atoms with Gasteiger partial charge in [0.25, 0.3) is 0 Å². The highest BCUT2D eigenvalue weighted by Crippen LogP contribution is 2.15. The van der Waals surface area contributed by atoms with E-state index in [-0.39, 0.29) is 6.03 Å². The summed E-state index contributed by atoms with van der Waals surface area (Å²) in [6.07, 6.45) is 2.41. The van der Waals surface area contributed by atoms with Crippen molar-refractivity contribution in [2.75, 3.05) is 33.2 Å². The first-order chi connectivity index (χ1) is 6.76. The largest absolute Gasteiger partial charge is 0.341 e. The van der Waals surface area contributed by atoms with Crippen molar-refractivity contribution in [1.82, 2.24) is 15.5 Å². The molecule has 0 spiro atoms. The number of likely N-dealkylation sites (tertiary alicyclic amines) is 1. The van der Waals surface area contributed by atoms with Crippen LogP contribution in [0.25, 0.3) is 0 Å². The number of rotatable bonds is 3. The van der Waals surface area contributed by atoms with Crippen LogP contribution >= 0.6 is 0 Å². The van der Waals surface area contributed by atoms with Crippen LogP contribution in [0.4, 0.5) is 4.79 Å². The lowest BCUT2D eigenvalue weighted by Gasteiger charge is -2.30. The predicted octanol–water partition coefficient (Wildman–Crippen LogP) is 0.647. The third kappa shape index (κ3) is 3.54. The van der Waals surface area contributed by atoms with Crippen molar-refractivity contribution in [1.29, 1.82) is 0 Å². The van der Waals surface area contributed by atoms with Crippen molar-refractivity contribution in [2.24, 2.45) is 5.92 Å². The van der Waals surface area contributed by atoms with Gasteiger partial charge in [-0.1, -0.05) is 6.92 Å². The van der Waals surface area contributed by atoms with Gasteiger partial charge in [-0.2, -0.15) is 0 Å². The summed E-state index contributed by atoms with van der Waals surface area (Å²) in [7, 11) is 1.65. The van der Waals surface area contributed by atoms with Crippen LogP contribution in [0.15, 0.2) is 0 Å². The zero-order valence-corrected chi connectivity index (χ0v) is 9.18. The number of nitrogens with one attached hydrogen (secondary N) is 2. The highest BCUT2D eigenvalue weighted by molar-refractivity contribution is 5.73. The van der Waals surface area contributed by atoms with E-state index in [1.165, 1.54) is 25.9 Å². The summed E-state index contributed by atoms with van der Waals surface area (Å²) in [6, 6.07) is -0.0667. The molecule has 4 heteroatoms. The van der Waals surface area contributed by atoms with E-state index in [1.54, 1.807) is 7.05 Å². The number of urea groups is 1. The molecule has 14 heavy (non-hydrogen) atoms. The molecule has 1 aliphatic heterocycles. The first-order valence-electron chi connectivity index (χ1n) is 5.44. The maximum Gasteiger partial charge on any atom is 0.314 e. The molecule has 0 aliphatic carbocycles. The standard InChI is InChI=1S/C10H21N3O/c1-3-13-6-4-9(5-7-13)8-12-10(14)11-2/h9H,3-8H2,1-2H3,(H2,11,12,14). The Balaban J connectivity index is 2.13. The molecule has 0 bridgehead atoms. The van der Waals surface area contributed by atoms with Crippen molar-refractivity contribution in [3.05, 3.63) is 0 Å². The molecule has 1 fully saturated rings. The Morgan fingerprint density at radius 1 is 1.43 bits per heavy atom. The zero-order valence-electron chi connectivity index (χ0n) is 9.18. The SMILES string of the molecule is CCN1CCC(CNC(=O)NC)CC1. The van der Waals surface area contributed by atoms with E-state index in [1.807, 2.05) is 0 Å². The Morgan fingerprint density at radius 3 is 2.57 bits per heavy atom. The van der Waals surface area contributed by atoms with Gasteiger partial charge >= 0.3 is 6.03 Å². The summed E-state index contributed by atoms with van der Waals surface area (Å²) < 4.78 is 0. The van der Waals surface area contributed by atoms with E-state index in [2.05, 4.69) is 22.5 Å². The minimum absolute atomic E-state index is 0.0667. The second kappa shape index (κ2) is 5.86. The van der Waals surface area contributed by atoms with Gasteiger partial charge in [0.15, 0.2) is 0 Å². The quantitative estimate of drug-likeness (QED) is 0.701. The van der Waals surface area contributed by atoms with Gasteiger partial charge in [-0.05, 0) is 38.4 Å². The first-order valence-corrected chi connectivity index (χ1v) is 5.44. The molecule has 0 aromatic carbocycles. The van der Waals surface area contributed by atoms with E-state index >= 15 is 0 Å².